The van der Waals surface area contributed by atoms with Gasteiger partial charge in [0.1, 0.15) is 24.7 Å². The maximum atomic E-state index is 5.81. The summed E-state index contributed by atoms with van der Waals surface area (Å²) < 4.78 is 11.5. The number of benzene rings is 3. The van der Waals surface area contributed by atoms with E-state index in [9.17, 15) is 0 Å². The number of para-hydroxylation sites is 1. The molecule has 3 heteroatoms. The molecule has 26 heavy (non-hydrogen) atoms. The van der Waals surface area contributed by atoms with E-state index in [1.807, 2.05) is 48.5 Å². The summed E-state index contributed by atoms with van der Waals surface area (Å²) in [7, 11) is 0. The summed E-state index contributed by atoms with van der Waals surface area (Å²) in [6, 6.07) is 28.7. The minimum absolute atomic E-state index is 0.306. The van der Waals surface area contributed by atoms with E-state index in [0.717, 1.165) is 18.0 Å². The Morgan fingerprint density at radius 1 is 0.731 bits per heavy atom. The lowest BCUT2D eigenvalue weighted by Gasteiger charge is -2.15. The van der Waals surface area contributed by atoms with Crippen molar-refractivity contribution in [2.75, 3.05) is 13.2 Å². The second-order valence-corrected chi connectivity index (χ2v) is 6.17. The normalized spacial score (nSPS) is 11.7. The number of rotatable bonds is 9. The van der Waals surface area contributed by atoms with Crippen LogP contribution in [0.25, 0.3) is 0 Å². The molecule has 0 bridgehead atoms. The molecule has 0 saturated heterocycles. The van der Waals surface area contributed by atoms with E-state index in [1.165, 1.54) is 11.1 Å². The van der Waals surface area contributed by atoms with E-state index in [0.29, 0.717) is 19.3 Å². The van der Waals surface area contributed by atoms with Gasteiger partial charge in [-0.15, -0.1) is 0 Å². The summed E-state index contributed by atoms with van der Waals surface area (Å²) in [5.41, 5.74) is 2.49. The summed E-state index contributed by atoms with van der Waals surface area (Å²) in [4.78, 5) is 0. The van der Waals surface area contributed by atoms with Gasteiger partial charge in [0.05, 0.1) is 0 Å². The molecule has 0 aromatic heterocycles. The van der Waals surface area contributed by atoms with Gasteiger partial charge < -0.3 is 14.8 Å². The number of ether oxygens (including phenoxy) is 2. The minimum atomic E-state index is 0.306. The van der Waals surface area contributed by atoms with Crippen molar-refractivity contribution in [2.45, 2.75) is 19.5 Å². The zero-order chi connectivity index (χ0) is 18.0. The van der Waals surface area contributed by atoms with E-state index < -0.39 is 0 Å². The van der Waals surface area contributed by atoms with Crippen LogP contribution in [0.5, 0.6) is 11.5 Å². The highest BCUT2D eigenvalue weighted by molar-refractivity contribution is 5.29. The van der Waals surface area contributed by atoms with Gasteiger partial charge in [-0.25, -0.2) is 0 Å². The van der Waals surface area contributed by atoms with Crippen molar-refractivity contribution in [1.29, 1.82) is 0 Å². The van der Waals surface area contributed by atoms with Gasteiger partial charge in [0.2, 0.25) is 0 Å². The molecule has 0 aliphatic carbocycles. The third kappa shape index (κ3) is 5.64. The van der Waals surface area contributed by atoms with Crippen molar-refractivity contribution in [3.8, 4) is 11.5 Å². The zero-order valence-corrected chi connectivity index (χ0v) is 15.1. The second kappa shape index (κ2) is 9.64. The Morgan fingerprint density at radius 3 is 2.08 bits per heavy atom. The van der Waals surface area contributed by atoms with Crippen LogP contribution in [-0.2, 0) is 6.54 Å². The first-order valence-corrected chi connectivity index (χ1v) is 8.99. The van der Waals surface area contributed by atoms with Crippen LogP contribution >= 0.6 is 0 Å². The van der Waals surface area contributed by atoms with Crippen molar-refractivity contribution >= 4 is 0 Å². The number of nitrogens with one attached hydrogen (secondary N) is 1. The van der Waals surface area contributed by atoms with E-state index in [4.69, 9.17) is 9.47 Å². The summed E-state index contributed by atoms with van der Waals surface area (Å²) in [6.07, 6.45) is 0. The van der Waals surface area contributed by atoms with Crippen molar-refractivity contribution in [3.05, 3.63) is 96.1 Å². The molecule has 3 nitrogen and oxygen atoms in total. The van der Waals surface area contributed by atoms with Gasteiger partial charge >= 0.3 is 0 Å². The largest absolute Gasteiger partial charge is 0.490 e. The molecule has 0 saturated carbocycles. The quantitative estimate of drug-likeness (QED) is 0.553. The smallest absolute Gasteiger partial charge is 0.122 e. The van der Waals surface area contributed by atoms with Crippen LogP contribution in [-0.4, -0.2) is 13.2 Å². The van der Waals surface area contributed by atoms with Gasteiger partial charge in [0.15, 0.2) is 0 Å². The predicted octanol–water partition coefficient (Wildman–Crippen LogP) is 5.00. The fraction of sp³-hybridized carbons (Fsp3) is 0.217. The van der Waals surface area contributed by atoms with E-state index in [-0.39, 0.29) is 0 Å². The molecule has 3 aromatic rings. The molecule has 1 atom stereocenters. The average molecular weight is 347 g/mol. The van der Waals surface area contributed by atoms with Crippen LogP contribution in [0.1, 0.15) is 24.1 Å². The molecule has 0 amide bonds. The standard InChI is InChI=1S/C23H25NO2/c1-19(21-10-4-2-5-11-21)24-18-20-9-8-14-23(17-20)26-16-15-25-22-12-6-3-7-13-22/h2-14,17,19,24H,15-16,18H2,1H3/t19-/m1/s1. The highest BCUT2D eigenvalue weighted by atomic mass is 16.5. The zero-order valence-electron chi connectivity index (χ0n) is 15.1. The molecule has 0 aliphatic rings. The summed E-state index contributed by atoms with van der Waals surface area (Å²) in [5.74, 6) is 1.73. The summed E-state index contributed by atoms with van der Waals surface area (Å²) in [5, 5.41) is 3.55. The lowest BCUT2D eigenvalue weighted by atomic mass is 10.1. The molecule has 1 N–H and O–H groups in total. The number of hydrogen-bond donors (Lipinski definition) is 1. The van der Waals surface area contributed by atoms with Gasteiger partial charge in [0.25, 0.3) is 0 Å². The molecule has 0 radical (unpaired) electrons. The first-order valence-electron chi connectivity index (χ1n) is 8.99. The Morgan fingerprint density at radius 2 is 1.35 bits per heavy atom. The lowest BCUT2D eigenvalue weighted by molar-refractivity contribution is 0.217. The third-order valence-electron chi connectivity index (χ3n) is 4.17. The van der Waals surface area contributed by atoms with E-state index in [2.05, 4.69) is 48.6 Å². The molecule has 0 heterocycles. The Bertz CT molecular complexity index is 774. The molecule has 0 spiro atoms. The first-order chi connectivity index (χ1) is 12.8. The molecular formula is C23H25NO2. The van der Waals surface area contributed by atoms with Crippen LogP contribution in [0, 0.1) is 0 Å². The van der Waals surface area contributed by atoms with Crippen molar-refractivity contribution in [3.63, 3.8) is 0 Å². The van der Waals surface area contributed by atoms with Crippen LogP contribution in [0.3, 0.4) is 0 Å². The maximum absolute atomic E-state index is 5.81. The maximum Gasteiger partial charge on any atom is 0.122 e. The van der Waals surface area contributed by atoms with Crippen molar-refractivity contribution in [2.24, 2.45) is 0 Å². The van der Waals surface area contributed by atoms with Crippen molar-refractivity contribution < 1.29 is 9.47 Å². The minimum Gasteiger partial charge on any atom is -0.490 e. The fourth-order valence-electron chi connectivity index (χ4n) is 2.71. The van der Waals surface area contributed by atoms with Crippen LogP contribution in [0.15, 0.2) is 84.9 Å². The SMILES string of the molecule is C[C@@H](NCc1cccc(OCCOc2ccccc2)c1)c1ccccc1. The van der Waals surface area contributed by atoms with Crippen LogP contribution in [0.4, 0.5) is 0 Å². The third-order valence-corrected chi connectivity index (χ3v) is 4.17. The van der Waals surface area contributed by atoms with Gasteiger partial charge in [-0.2, -0.15) is 0 Å². The topological polar surface area (TPSA) is 30.5 Å². The van der Waals surface area contributed by atoms with Crippen LogP contribution < -0.4 is 14.8 Å². The Hall–Kier alpha value is -2.78. The molecule has 0 unspecified atom stereocenters. The van der Waals surface area contributed by atoms with Gasteiger partial charge in [-0.1, -0.05) is 60.7 Å². The molecule has 3 rings (SSSR count). The second-order valence-electron chi connectivity index (χ2n) is 6.17. The van der Waals surface area contributed by atoms with Gasteiger partial charge in [0, 0.05) is 12.6 Å². The molecule has 0 aliphatic heterocycles. The van der Waals surface area contributed by atoms with Crippen LogP contribution in [0.2, 0.25) is 0 Å². The van der Waals surface area contributed by atoms with E-state index in [1.54, 1.807) is 0 Å². The average Bonchev–Trinajstić information content (AvgIpc) is 2.71. The summed E-state index contributed by atoms with van der Waals surface area (Å²) in [6.45, 7) is 4.02. The first kappa shape index (κ1) is 18.0. The number of hydrogen-bond acceptors (Lipinski definition) is 3. The monoisotopic (exact) mass is 347 g/mol. The Kier molecular flexibility index (Phi) is 6.68. The van der Waals surface area contributed by atoms with Gasteiger partial charge in [-0.3, -0.25) is 0 Å². The Labute approximate surface area is 155 Å². The highest BCUT2D eigenvalue weighted by Crippen LogP contribution is 2.16. The van der Waals surface area contributed by atoms with Gasteiger partial charge in [-0.05, 0) is 42.3 Å². The molecule has 134 valence electrons. The van der Waals surface area contributed by atoms with Crippen molar-refractivity contribution in [1.82, 2.24) is 5.32 Å². The summed E-state index contributed by atoms with van der Waals surface area (Å²) >= 11 is 0. The molecule has 0 fully saturated rings. The lowest BCUT2D eigenvalue weighted by Crippen LogP contribution is -2.18. The highest BCUT2D eigenvalue weighted by Gasteiger charge is 2.04. The van der Waals surface area contributed by atoms with E-state index >= 15 is 0 Å². The fourth-order valence-corrected chi connectivity index (χ4v) is 2.71. The predicted molar refractivity (Wildman–Crippen MR) is 106 cm³/mol. The molecular weight excluding hydrogens is 322 g/mol. The molecule has 3 aromatic carbocycles. The Balaban J connectivity index is 1.44.